The average Bonchev–Trinajstić information content (AvgIpc) is 2.30. The second kappa shape index (κ2) is 4.68. The lowest BCUT2D eigenvalue weighted by atomic mass is 9.92. The van der Waals surface area contributed by atoms with Crippen molar-refractivity contribution in [2.45, 2.75) is 18.9 Å². The second-order valence-electron chi connectivity index (χ2n) is 3.80. The van der Waals surface area contributed by atoms with Crippen LogP contribution in [0.5, 0.6) is 0 Å². The van der Waals surface area contributed by atoms with Crippen molar-refractivity contribution in [3.05, 3.63) is 29.8 Å². The van der Waals surface area contributed by atoms with E-state index in [1.165, 1.54) is 12.1 Å². The summed E-state index contributed by atoms with van der Waals surface area (Å²) in [6.07, 6.45) is 2.20. The van der Waals surface area contributed by atoms with Gasteiger partial charge in [-0.1, -0.05) is 0 Å². The zero-order valence-electron chi connectivity index (χ0n) is 8.40. The molecule has 3 nitrogen and oxygen atoms in total. The van der Waals surface area contributed by atoms with E-state index in [-0.39, 0.29) is 11.7 Å². The van der Waals surface area contributed by atoms with Gasteiger partial charge in [0, 0.05) is 13.2 Å². The Morgan fingerprint density at radius 3 is 2.73 bits per heavy atom. The van der Waals surface area contributed by atoms with Crippen LogP contribution >= 0.6 is 0 Å². The molecule has 1 aromatic rings. The van der Waals surface area contributed by atoms with Gasteiger partial charge in [-0.05, 0) is 30.9 Å². The molecule has 0 bridgehead atoms. The van der Waals surface area contributed by atoms with Crippen molar-refractivity contribution in [3.8, 4) is 0 Å². The summed E-state index contributed by atoms with van der Waals surface area (Å²) in [7, 11) is 0. The van der Waals surface area contributed by atoms with Gasteiger partial charge in [0.05, 0.1) is 18.0 Å². The molecule has 4 heteroatoms. The molecular formula is C11H14FNO2. The Morgan fingerprint density at radius 2 is 2.13 bits per heavy atom. The van der Waals surface area contributed by atoms with Crippen LogP contribution in [0, 0.1) is 11.7 Å². The summed E-state index contributed by atoms with van der Waals surface area (Å²) in [6, 6.07) is 2.86. The molecule has 0 spiro atoms. The highest BCUT2D eigenvalue weighted by Crippen LogP contribution is 2.28. The van der Waals surface area contributed by atoms with Crippen LogP contribution in [-0.4, -0.2) is 23.3 Å². The van der Waals surface area contributed by atoms with E-state index < -0.39 is 6.10 Å². The van der Waals surface area contributed by atoms with Crippen molar-refractivity contribution in [1.82, 2.24) is 4.98 Å². The van der Waals surface area contributed by atoms with Crippen LogP contribution in [0.4, 0.5) is 4.39 Å². The number of aromatic nitrogens is 1. The summed E-state index contributed by atoms with van der Waals surface area (Å²) in [5, 5.41) is 10.00. The third-order valence-corrected chi connectivity index (χ3v) is 2.77. The quantitative estimate of drug-likeness (QED) is 0.809. The predicted molar refractivity (Wildman–Crippen MR) is 52.7 cm³/mol. The summed E-state index contributed by atoms with van der Waals surface area (Å²) < 4.78 is 17.8. The number of pyridine rings is 1. The fraction of sp³-hybridized carbons (Fsp3) is 0.545. The Morgan fingerprint density at radius 1 is 1.40 bits per heavy atom. The van der Waals surface area contributed by atoms with Gasteiger partial charge in [-0.15, -0.1) is 0 Å². The van der Waals surface area contributed by atoms with Crippen molar-refractivity contribution in [2.24, 2.45) is 5.92 Å². The van der Waals surface area contributed by atoms with E-state index in [1.807, 2.05) is 0 Å². The molecule has 1 atom stereocenters. The fourth-order valence-electron chi connectivity index (χ4n) is 1.84. The van der Waals surface area contributed by atoms with Crippen LogP contribution < -0.4 is 0 Å². The standard InChI is InChI=1S/C11H14FNO2/c12-9-1-2-10(13-7-9)11(14)8-3-5-15-6-4-8/h1-2,7-8,11,14H,3-6H2. The van der Waals surface area contributed by atoms with Crippen LogP contribution in [0.3, 0.4) is 0 Å². The molecule has 1 unspecified atom stereocenters. The fourth-order valence-corrected chi connectivity index (χ4v) is 1.84. The van der Waals surface area contributed by atoms with Gasteiger partial charge in [-0.2, -0.15) is 0 Å². The van der Waals surface area contributed by atoms with Gasteiger partial charge in [-0.25, -0.2) is 4.39 Å². The van der Waals surface area contributed by atoms with Gasteiger partial charge in [0.2, 0.25) is 0 Å². The number of aliphatic hydroxyl groups is 1. The molecule has 2 heterocycles. The molecule has 1 aromatic heterocycles. The number of hydrogen-bond donors (Lipinski definition) is 1. The summed E-state index contributed by atoms with van der Waals surface area (Å²) in [5.74, 6) is -0.199. The van der Waals surface area contributed by atoms with E-state index in [0.29, 0.717) is 18.9 Å². The number of halogens is 1. The van der Waals surface area contributed by atoms with Crippen molar-refractivity contribution in [3.63, 3.8) is 0 Å². The Hall–Kier alpha value is -1.00. The number of nitrogens with zero attached hydrogens (tertiary/aromatic N) is 1. The van der Waals surface area contributed by atoms with Crippen molar-refractivity contribution in [1.29, 1.82) is 0 Å². The molecule has 0 saturated carbocycles. The average molecular weight is 211 g/mol. The van der Waals surface area contributed by atoms with Gasteiger partial charge in [-0.3, -0.25) is 4.98 Å². The van der Waals surface area contributed by atoms with E-state index in [2.05, 4.69) is 4.98 Å². The van der Waals surface area contributed by atoms with Gasteiger partial charge >= 0.3 is 0 Å². The third-order valence-electron chi connectivity index (χ3n) is 2.77. The van der Waals surface area contributed by atoms with E-state index in [1.54, 1.807) is 0 Å². The highest BCUT2D eigenvalue weighted by Gasteiger charge is 2.24. The van der Waals surface area contributed by atoms with E-state index in [0.717, 1.165) is 19.0 Å². The topological polar surface area (TPSA) is 42.4 Å². The maximum atomic E-state index is 12.6. The first-order valence-corrected chi connectivity index (χ1v) is 5.14. The van der Waals surface area contributed by atoms with Gasteiger partial charge in [0.1, 0.15) is 5.82 Å². The molecular weight excluding hydrogens is 197 g/mol. The predicted octanol–water partition coefficient (Wildman–Crippen LogP) is 1.68. The first-order chi connectivity index (χ1) is 7.27. The molecule has 2 rings (SSSR count). The van der Waals surface area contributed by atoms with E-state index >= 15 is 0 Å². The van der Waals surface area contributed by atoms with Crippen LogP contribution in [0.15, 0.2) is 18.3 Å². The number of aliphatic hydroxyl groups excluding tert-OH is 1. The molecule has 1 saturated heterocycles. The second-order valence-corrected chi connectivity index (χ2v) is 3.80. The number of hydrogen-bond acceptors (Lipinski definition) is 3. The smallest absolute Gasteiger partial charge is 0.141 e. The molecule has 1 aliphatic heterocycles. The van der Waals surface area contributed by atoms with Crippen LogP contribution in [0.1, 0.15) is 24.6 Å². The van der Waals surface area contributed by atoms with E-state index in [4.69, 9.17) is 4.74 Å². The number of ether oxygens (including phenoxy) is 1. The summed E-state index contributed by atoms with van der Waals surface area (Å²) in [5.41, 5.74) is 0.545. The highest BCUT2D eigenvalue weighted by atomic mass is 19.1. The summed E-state index contributed by atoms with van der Waals surface area (Å²) in [4.78, 5) is 3.89. The molecule has 0 amide bonds. The SMILES string of the molecule is OC(c1ccc(F)cn1)C1CCOCC1. The zero-order valence-corrected chi connectivity index (χ0v) is 8.40. The van der Waals surface area contributed by atoms with Crippen molar-refractivity contribution < 1.29 is 14.2 Å². The highest BCUT2D eigenvalue weighted by molar-refractivity contribution is 5.09. The monoisotopic (exact) mass is 211 g/mol. The molecule has 0 aromatic carbocycles. The lowest BCUT2D eigenvalue weighted by Crippen LogP contribution is -2.22. The van der Waals surface area contributed by atoms with Gasteiger partial charge < -0.3 is 9.84 Å². The molecule has 1 aliphatic rings. The molecule has 1 fully saturated rings. The molecule has 15 heavy (non-hydrogen) atoms. The van der Waals surface area contributed by atoms with Crippen LogP contribution in [0.2, 0.25) is 0 Å². The summed E-state index contributed by atoms with van der Waals surface area (Å²) in [6.45, 7) is 1.37. The molecule has 0 aliphatic carbocycles. The van der Waals surface area contributed by atoms with Crippen LogP contribution in [-0.2, 0) is 4.74 Å². The Bertz CT molecular complexity index is 309. The zero-order chi connectivity index (χ0) is 10.7. The first kappa shape index (κ1) is 10.5. The lowest BCUT2D eigenvalue weighted by molar-refractivity contribution is 0.00554. The largest absolute Gasteiger partial charge is 0.387 e. The maximum absolute atomic E-state index is 12.6. The summed E-state index contributed by atoms with van der Waals surface area (Å²) >= 11 is 0. The molecule has 1 N–H and O–H groups in total. The minimum Gasteiger partial charge on any atom is -0.387 e. The van der Waals surface area contributed by atoms with Gasteiger partial charge in [0.25, 0.3) is 0 Å². The maximum Gasteiger partial charge on any atom is 0.141 e. The van der Waals surface area contributed by atoms with Crippen molar-refractivity contribution >= 4 is 0 Å². The minimum absolute atomic E-state index is 0.178. The lowest BCUT2D eigenvalue weighted by Gasteiger charge is -2.26. The molecule has 0 radical (unpaired) electrons. The Balaban J connectivity index is 2.05. The first-order valence-electron chi connectivity index (χ1n) is 5.14. The van der Waals surface area contributed by atoms with Crippen LogP contribution in [0.25, 0.3) is 0 Å². The Labute approximate surface area is 87.9 Å². The molecule has 82 valence electrons. The normalized spacial score (nSPS) is 20.1. The van der Waals surface area contributed by atoms with E-state index in [9.17, 15) is 9.50 Å². The van der Waals surface area contributed by atoms with Crippen molar-refractivity contribution in [2.75, 3.05) is 13.2 Å². The minimum atomic E-state index is -0.602. The third kappa shape index (κ3) is 2.52. The number of rotatable bonds is 2. The van der Waals surface area contributed by atoms with Gasteiger partial charge in [0.15, 0.2) is 0 Å². The Kier molecular flexibility index (Phi) is 3.28.